The van der Waals surface area contributed by atoms with Crippen molar-refractivity contribution in [2.24, 2.45) is 0 Å². The van der Waals surface area contributed by atoms with E-state index in [0.717, 1.165) is 57.8 Å². The van der Waals surface area contributed by atoms with Gasteiger partial charge in [0.25, 0.3) is 0 Å². The Hall–Kier alpha value is -2.30. The maximum atomic E-state index is 12.0. The van der Waals surface area contributed by atoms with Crippen LogP contribution in [-0.2, 0) is 32.7 Å². The lowest BCUT2D eigenvalue weighted by Crippen LogP contribution is -2.43. The van der Waals surface area contributed by atoms with Gasteiger partial charge in [-0.05, 0) is 44.9 Å². The number of carbonyl (C=O) groups excluding carboxylic acids is 2. The molecule has 0 aliphatic heterocycles. The third-order valence-corrected chi connectivity index (χ3v) is 6.64. The Morgan fingerprint density at radius 3 is 2.07 bits per heavy atom. The molecule has 0 saturated heterocycles. The number of carbonyl (C=O) groups is 3. The first kappa shape index (κ1) is 38.7. The number of unbranched alkanes of at least 4 members (excludes halogenated alkanes) is 6. The van der Waals surface area contributed by atoms with Gasteiger partial charge in [0.05, 0.1) is 13.2 Å². The largest absolute Gasteiger partial charge is 0.480 e. The molecule has 0 saturated carbocycles. The number of esters is 1. The van der Waals surface area contributed by atoms with Gasteiger partial charge in [0.15, 0.2) is 6.04 Å². The van der Waals surface area contributed by atoms with Crippen LogP contribution in [0.25, 0.3) is 0 Å². The van der Waals surface area contributed by atoms with Crippen LogP contribution < -0.4 is 5.32 Å². The Morgan fingerprint density at radius 2 is 1.41 bits per heavy atom. The van der Waals surface area contributed by atoms with Crippen molar-refractivity contribution in [3.63, 3.8) is 0 Å². The molecule has 41 heavy (non-hydrogen) atoms. The lowest BCUT2D eigenvalue weighted by atomic mass is 10.1. The van der Waals surface area contributed by atoms with E-state index in [-0.39, 0.29) is 12.8 Å². The summed E-state index contributed by atoms with van der Waals surface area (Å²) in [5, 5.41) is 21.3. The Balaban J connectivity index is 3.94. The number of aliphatic carboxylic acids is 1. The van der Waals surface area contributed by atoms with E-state index in [9.17, 15) is 28.9 Å². The SMILES string of the molecule is CC/C=C\C/C=C\C/C=C\CCCCCCCC(=O)OCC(O)COP(=O)(O)OCC(NC(=O)CCCC)C(=O)O. The third-order valence-electron chi connectivity index (χ3n) is 5.69. The molecule has 0 aromatic heterocycles. The molecule has 4 N–H and O–H groups in total. The van der Waals surface area contributed by atoms with Crippen LogP contribution in [0.5, 0.6) is 0 Å². The Morgan fingerprint density at radius 1 is 0.805 bits per heavy atom. The predicted molar refractivity (Wildman–Crippen MR) is 157 cm³/mol. The second-order valence-electron chi connectivity index (χ2n) is 9.56. The topological polar surface area (TPSA) is 169 Å². The molecule has 3 unspecified atom stereocenters. The number of carboxylic acid groups (broad SMARTS) is 1. The first-order chi connectivity index (χ1) is 19.6. The van der Waals surface area contributed by atoms with Crippen molar-refractivity contribution in [2.45, 2.75) is 109 Å². The van der Waals surface area contributed by atoms with Crippen LogP contribution in [0.15, 0.2) is 36.5 Å². The average Bonchev–Trinajstić information content (AvgIpc) is 2.93. The fourth-order valence-electron chi connectivity index (χ4n) is 3.36. The number of hydrogen-bond donors (Lipinski definition) is 4. The van der Waals surface area contributed by atoms with Gasteiger partial charge in [-0.3, -0.25) is 18.6 Å². The second kappa shape index (κ2) is 25.4. The Bertz CT molecular complexity index is 859. The molecule has 0 heterocycles. The molecule has 0 aromatic carbocycles. The molecule has 0 radical (unpaired) electrons. The first-order valence-corrected chi connectivity index (χ1v) is 16.0. The summed E-state index contributed by atoms with van der Waals surface area (Å²) in [4.78, 5) is 44.6. The van der Waals surface area contributed by atoms with Gasteiger partial charge in [-0.2, -0.15) is 0 Å². The lowest BCUT2D eigenvalue weighted by molar-refractivity contribution is -0.147. The van der Waals surface area contributed by atoms with Crippen molar-refractivity contribution >= 4 is 25.7 Å². The summed E-state index contributed by atoms with van der Waals surface area (Å²) in [6, 6.07) is -1.54. The van der Waals surface area contributed by atoms with E-state index in [0.29, 0.717) is 12.8 Å². The number of rotatable bonds is 26. The zero-order valence-corrected chi connectivity index (χ0v) is 25.5. The Labute approximate surface area is 244 Å². The van der Waals surface area contributed by atoms with Crippen LogP contribution in [0.1, 0.15) is 97.3 Å². The van der Waals surface area contributed by atoms with E-state index in [1.165, 1.54) is 0 Å². The first-order valence-electron chi connectivity index (χ1n) is 14.5. The number of phosphoric ester groups is 1. The van der Waals surface area contributed by atoms with Gasteiger partial charge in [0, 0.05) is 12.8 Å². The highest BCUT2D eigenvalue weighted by atomic mass is 31.2. The molecule has 11 nitrogen and oxygen atoms in total. The number of allylic oxidation sites excluding steroid dienone is 6. The summed E-state index contributed by atoms with van der Waals surface area (Å²) in [6.45, 7) is 2.08. The van der Waals surface area contributed by atoms with E-state index in [4.69, 9.17) is 9.84 Å². The highest BCUT2D eigenvalue weighted by Gasteiger charge is 2.28. The summed E-state index contributed by atoms with van der Waals surface area (Å²) < 4.78 is 26.2. The van der Waals surface area contributed by atoms with Crippen molar-refractivity contribution in [1.82, 2.24) is 5.32 Å². The van der Waals surface area contributed by atoms with E-state index in [2.05, 4.69) is 57.7 Å². The monoisotopic (exact) mass is 603 g/mol. The molecule has 1 amide bonds. The van der Waals surface area contributed by atoms with Crippen molar-refractivity contribution in [2.75, 3.05) is 19.8 Å². The zero-order chi connectivity index (χ0) is 30.8. The van der Waals surface area contributed by atoms with E-state index >= 15 is 0 Å². The normalized spacial score (nSPS) is 14.8. The number of ether oxygens (including phenoxy) is 1. The smallest absolute Gasteiger partial charge is 0.472 e. The van der Waals surface area contributed by atoms with E-state index in [1.807, 2.05) is 6.92 Å². The highest BCUT2D eigenvalue weighted by molar-refractivity contribution is 7.47. The molecule has 0 rings (SSSR count). The predicted octanol–water partition coefficient (Wildman–Crippen LogP) is 5.37. The summed E-state index contributed by atoms with van der Waals surface area (Å²) in [5.41, 5.74) is 0. The fourth-order valence-corrected chi connectivity index (χ4v) is 4.14. The van der Waals surface area contributed by atoms with Gasteiger partial charge in [-0.15, -0.1) is 0 Å². The van der Waals surface area contributed by atoms with Crippen molar-refractivity contribution in [1.29, 1.82) is 0 Å². The highest BCUT2D eigenvalue weighted by Crippen LogP contribution is 2.43. The molecular formula is C29H50NO10P. The van der Waals surface area contributed by atoms with Crippen LogP contribution in [0, 0.1) is 0 Å². The molecule has 0 fully saturated rings. The van der Waals surface area contributed by atoms with E-state index in [1.54, 1.807) is 0 Å². The average molecular weight is 604 g/mol. The van der Waals surface area contributed by atoms with E-state index < -0.39 is 57.6 Å². The number of phosphoric acid groups is 1. The van der Waals surface area contributed by atoms with Gasteiger partial charge in [-0.1, -0.05) is 76.0 Å². The van der Waals surface area contributed by atoms with Crippen LogP contribution >= 0.6 is 7.82 Å². The van der Waals surface area contributed by atoms with Crippen LogP contribution in [0.2, 0.25) is 0 Å². The molecule has 236 valence electrons. The third kappa shape index (κ3) is 25.2. The second-order valence-corrected chi connectivity index (χ2v) is 11.0. The Kier molecular flexibility index (Phi) is 24.0. The summed E-state index contributed by atoms with van der Waals surface area (Å²) in [5.74, 6) is -2.45. The molecule has 0 aromatic rings. The minimum absolute atomic E-state index is 0.118. The maximum Gasteiger partial charge on any atom is 0.472 e. The lowest BCUT2D eigenvalue weighted by Gasteiger charge is -2.18. The number of aliphatic hydroxyl groups excluding tert-OH is 1. The van der Waals surface area contributed by atoms with Crippen LogP contribution in [-0.4, -0.2) is 64.9 Å². The number of carboxylic acids is 1. The number of nitrogens with one attached hydrogen (secondary N) is 1. The summed E-state index contributed by atoms with van der Waals surface area (Å²) >= 11 is 0. The number of amides is 1. The standard InChI is InChI=1S/C29H50NO10P/c1-3-5-7-8-9-10-11-12-13-14-15-16-17-18-19-21-28(33)38-22-25(31)23-39-41(36,37)40-24-26(29(34)35)30-27(32)20-6-4-2/h5,7,9-10,12-13,25-26,31H,3-4,6,8,11,14-24H2,1-2H3,(H,30,32)(H,34,35)(H,36,37)/b7-5-,10-9-,13-12-. The van der Waals surface area contributed by atoms with Gasteiger partial charge in [-0.25, -0.2) is 9.36 Å². The van der Waals surface area contributed by atoms with Crippen LogP contribution in [0.3, 0.4) is 0 Å². The molecule has 0 bridgehead atoms. The summed E-state index contributed by atoms with van der Waals surface area (Å²) in [6.07, 6.45) is 22.0. The number of hydrogen-bond acceptors (Lipinski definition) is 8. The van der Waals surface area contributed by atoms with Gasteiger partial charge in [0.1, 0.15) is 12.7 Å². The van der Waals surface area contributed by atoms with Crippen LogP contribution in [0.4, 0.5) is 0 Å². The van der Waals surface area contributed by atoms with Gasteiger partial charge >= 0.3 is 19.8 Å². The minimum atomic E-state index is -4.72. The van der Waals surface area contributed by atoms with Gasteiger partial charge < -0.3 is 25.2 Å². The molecule has 3 atom stereocenters. The maximum absolute atomic E-state index is 12.0. The van der Waals surface area contributed by atoms with Gasteiger partial charge in [0.2, 0.25) is 5.91 Å². The molecular weight excluding hydrogens is 553 g/mol. The molecule has 12 heteroatoms. The molecule has 0 aliphatic rings. The fraction of sp³-hybridized carbons (Fsp3) is 0.690. The molecule has 0 aliphatic carbocycles. The minimum Gasteiger partial charge on any atom is -0.480 e. The molecule has 0 spiro atoms. The van der Waals surface area contributed by atoms with Crippen molar-refractivity contribution in [3.05, 3.63) is 36.5 Å². The zero-order valence-electron chi connectivity index (χ0n) is 24.6. The number of aliphatic hydroxyl groups is 1. The van der Waals surface area contributed by atoms with Crippen molar-refractivity contribution < 1.29 is 47.8 Å². The van der Waals surface area contributed by atoms with Crippen molar-refractivity contribution in [3.8, 4) is 0 Å². The quantitative estimate of drug-likeness (QED) is 0.0436. The summed E-state index contributed by atoms with van der Waals surface area (Å²) in [7, 11) is -4.72.